The van der Waals surface area contributed by atoms with E-state index in [4.69, 9.17) is 16.3 Å². The SMILES string of the molecule is COc1ncccc1Cc1ccc(Cc2c[nH]c3ncc(Cl)cc23)cn1. The van der Waals surface area contributed by atoms with Gasteiger partial charge in [0.15, 0.2) is 0 Å². The first-order chi connectivity index (χ1) is 12.7. The van der Waals surface area contributed by atoms with Crippen molar-refractivity contribution in [2.24, 2.45) is 0 Å². The Morgan fingerprint density at radius 3 is 2.77 bits per heavy atom. The molecule has 4 heterocycles. The number of hydrogen-bond donors (Lipinski definition) is 1. The molecule has 0 saturated carbocycles. The summed E-state index contributed by atoms with van der Waals surface area (Å²) in [6.07, 6.45) is 8.71. The molecule has 4 rings (SSSR count). The summed E-state index contributed by atoms with van der Waals surface area (Å²) in [6.45, 7) is 0. The van der Waals surface area contributed by atoms with Gasteiger partial charge in [0.2, 0.25) is 5.88 Å². The predicted octanol–water partition coefficient (Wildman–Crippen LogP) is 4.20. The second-order valence-corrected chi connectivity index (χ2v) is 6.48. The van der Waals surface area contributed by atoms with Crippen molar-refractivity contribution in [1.29, 1.82) is 0 Å². The van der Waals surface area contributed by atoms with Crippen molar-refractivity contribution in [2.75, 3.05) is 7.11 Å². The first-order valence-corrected chi connectivity index (χ1v) is 8.64. The highest BCUT2D eigenvalue weighted by molar-refractivity contribution is 6.31. The first-order valence-electron chi connectivity index (χ1n) is 8.26. The molecule has 0 unspecified atom stereocenters. The fourth-order valence-electron chi connectivity index (χ4n) is 3.00. The molecule has 130 valence electrons. The van der Waals surface area contributed by atoms with Gasteiger partial charge in [-0.05, 0) is 29.3 Å². The van der Waals surface area contributed by atoms with Gasteiger partial charge in [0.25, 0.3) is 0 Å². The van der Waals surface area contributed by atoms with Crippen molar-refractivity contribution in [3.8, 4) is 5.88 Å². The molecule has 0 atom stereocenters. The van der Waals surface area contributed by atoms with Crippen LogP contribution in [0.1, 0.15) is 22.4 Å². The van der Waals surface area contributed by atoms with Gasteiger partial charge in [0, 0.05) is 54.3 Å². The molecule has 0 saturated heterocycles. The highest BCUT2D eigenvalue weighted by Gasteiger charge is 2.08. The predicted molar refractivity (Wildman–Crippen MR) is 102 cm³/mol. The van der Waals surface area contributed by atoms with Gasteiger partial charge in [0.05, 0.1) is 12.1 Å². The third-order valence-electron chi connectivity index (χ3n) is 4.28. The van der Waals surface area contributed by atoms with Crippen molar-refractivity contribution in [2.45, 2.75) is 12.8 Å². The van der Waals surface area contributed by atoms with Crippen molar-refractivity contribution in [3.63, 3.8) is 0 Å². The van der Waals surface area contributed by atoms with E-state index in [-0.39, 0.29) is 0 Å². The van der Waals surface area contributed by atoms with Crippen LogP contribution in [-0.2, 0) is 12.8 Å². The average Bonchev–Trinajstić information content (AvgIpc) is 3.06. The Balaban J connectivity index is 1.53. The van der Waals surface area contributed by atoms with Gasteiger partial charge in [-0.2, -0.15) is 0 Å². The number of rotatable bonds is 5. The standard InChI is InChI=1S/C20H17ClN4O/c1-26-20-14(3-2-6-22-20)8-17-5-4-13(10-23-17)7-15-11-24-19-18(15)9-16(21)12-25-19/h2-6,9-12H,7-8H2,1H3,(H,24,25). The third kappa shape index (κ3) is 3.39. The van der Waals surface area contributed by atoms with E-state index in [1.165, 1.54) is 0 Å². The van der Waals surface area contributed by atoms with Gasteiger partial charge in [0.1, 0.15) is 5.65 Å². The van der Waals surface area contributed by atoms with Crippen LogP contribution in [-0.4, -0.2) is 27.0 Å². The zero-order valence-electron chi connectivity index (χ0n) is 14.2. The van der Waals surface area contributed by atoms with Gasteiger partial charge in [-0.1, -0.05) is 23.7 Å². The molecular formula is C20H17ClN4O. The quantitative estimate of drug-likeness (QED) is 0.576. The summed E-state index contributed by atoms with van der Waals surface area (Å²) in [5, 5.41) is 1.68. The smallest absolute Gasteiger partial charge is 0.216 e. The number of nitrogens with zero attached hydrogens (tertiary/aromatic N) is 3. The molecule has 4 aromatic rings. The van der Waals surface area contributed by atoms with Crippen LogP contribution in [0, 0.1) is 0 Å². The highest BCUT2D eigenvalue weighted by atomic mass is 35.5. The van der Waals surface area contributed by atoms with Gasteiger partial charge >= 0.3 is 0 Å². The second kappa shape index (κ2) is 7.14. The van der Waals surface area contributed by atoms with Gasteiger partial charge in [-0.25, -0.2) is 9.97 Å². The molecule has 0 bridgehead atoms. The Morgan fingerprint density at radius 2 is 1.96 bits per heavy atom. The Labute approximate surface area is 156 Å². The number of pyridine rings is 3. The van der Waals surface area contributed by atoms with Crippen LogP contribution in [0.15, 0.2) is 55.1 Å². The Morgan fingerprint density at radius 1 is 1.04 bits per heavy atom. The van der Waals surface area contributed by atoms with Crippen molar-refractivity contribution >= 4 is 22.6 Å². The number of halogens is 1. The molecule has 0 aliphatic carbocycles. The lowest BCUT2D eigenvalue weighted by Crippen LogP contribution is -1.98. The molecule has 0 spiro atoms. The number of aromatic nitrogens is 4. The van der Waals surface area contributed by atoms with E-state index < -0.39 is 0 Å². The van der Waals surface area contributed by atoms with E-state index in [0.29, 0.717) is 17.3 Å². The van der Waals surface area contributed by atoms with Gasteiger partial charge < -0.3 is 9.72 Å². The number of hydrogen-bond acceptors (Lipinski definition) is 4. The maximum Gasteiger partial charge on any atom is 0.216 e. The summed E-state index contributed by atoms with van der Waals surface area (Å²) >= 11 is 6.07. The second-order valence-electron chi connectivity index (χ2n) is 6.05. The minimum Gasteiger partial charge on any atom is -0.481 e. The molecular weight excluding hydrogens is 348 g/mol. The minimum atomic E-state index is 0.636. The number of ether oxygens (including phenoxy) is 1. The van der Waals surface area contributed by atoms with Crippen LogP contribution in [0.25, 0.3) is 11.0 Å². The highest BCUT2D eigenvalue weighted by Crippen LogP contribution is 2.23. The van der Waals surface area contributed by atoms with E-state index in [2.05, 4.69) is 26.0 Å². The molecule has 0 fully saturated rings. The summed E-state index contributed by atoms with van der Waals surface area (Å²) in [6, 6.07) is 9.99. The number of H-pyrrole nitrogens is 1. The Kier molecular flexibility index (Phi) is 4.54. The lowest BCUT2D eigenvalue weighted by molar-refractivity contribution is 0.393. The van der Waals surface area contributed by atoms with E-state index >= 15 is 0 Å². The van der Waals surface area contributed by atoms with Crippen LogP contribution in [0.4, 0.5) is 0 Å². The summed E-state index contributed by atoms with van der Waals surface area (Å²) in [7, 11) is 1.63. The summed E-state index contributed by atoms with van der Waals surface area (Å²) in [4.78, 5) is 16.3. The van der Waals surface area contributed by atoms with Crippen molar-refractivity contribution < 1.29 is 4.74 Å². The van der Waals surface area contributed by atoms with E-state index in [1.54, 1.807) is 19.5 Å². The maximum atomic E-state index is 6.07. The van der Waals surface area contributed by atoms with E-state index in [1.807, 2.05) is 36.7 Å². The summed E-state index contributed by atoms with van der Waals surface area (Å²) < 4.78 is 5.30. The topological polar surface area (TPSA) is 63.7 Å². The van der Waals surface area contributed by atoms with Crippen molar-refractivity contribution in [3.05, 3.63) is 82.5 Å². The molecule has 0 radical (unpaired) electrons. The molecule has 26 heavy (non-hydrogen) atoms. The summed E-state index contributed by atoms with van der Waals surface area (Å²) in [5.74, 6) is 0.640. The monoisotopic (exact) mass is 364 g/mol. The number of nitrogens with one attached hydrogen (secondary N) is 1. The lowest BCUT2D eigenvalue weighted by Gasteiger charge is -2.07. The number of aromatic amines is 1. The van der Waals surface area contributed by atoms with Gasteiger partial charge in [-0.15, -0.1) is 0 Å². The van der Waals surface area contributed by atoms with Crippen LogP contribution in [0.2, 0.25) is 5.02 Å². The summed E-state index contributed by atoms with van der Waals surface area (Å²) in [5.41, 5.74) is 5.13. The van der Waals surface area contributed by atoms with Crippen molar-refractivity contribution in [1.82, 2.24) is 19.9 Å². The Hall–Kier alpha value is -2.92. The molecule has 0 aliphatic rings. The molecule has 1 N–H and O–H groups in total. The molecule has 6 heteroatoms. The van der Waals surface area contributed by atoms with Crippen LogP contribution < -0.4 is 4.74 Å². The third-order valence-corrected chi connectivity index (χ3v) is 4.49. The molecule has 0 aromatic carbocycles. The lowest BCUT2D eigenvalue weighted by atomic mass is 10.1. The van der Waals surface area contributed by atoms with Crippen LogP contribution in [0.3, 0.4) is 0 Å². The Bertz CT molecular complexity index is 1040. The van der Waals surface area contributed by atoms with E-state index in [0.717, 1.165) is 39.8 Å². The first kappa shape index (κ1) is 16.5. The zero-order valence-corrected chi connectivity index (χ0v) is 15.0. The largest absolute Gasteiger partial charge is 0.481 e. The fourth-order valence-corrected chi connectivity index (χ4v) is 3.16. The molecule has 5 nitrogen and oxygen atoms in total. The van der Waals surface area contributed by atoms with E-state index in [9.17, 15) is 0 Å². The van der Waals surface area contributed by atoms with Crippen LogP contribution >= 0.6 is 11.6 Å². The number of methoxy groups -OCH3 is 1. The normalized spacial score (nSPS) is 11.0. The van der Waals surface area contributed by atoms with Crippen LogP contribution in [0.5, 0.6) is 5.88 Å². The molecule has 0 aliphatic heterocycles. The molecule has 4 aromatic heterocycles. The zero-order chi connectivity index (χ0) is 17.9. The minimum absolute atomic E-state index is 0.636. The molecule has 0 amide bonds. The fraction of sp³-hybridized carbons (Fsp3) is 0.150. The number of fused-ring (bicyclic) bond motifs is 1. The average molecular weight is 365 g/mol. The maximum absolute atomic E-state index is 6.07. The van der Waals surface area contributed by atoms with Gasteiger partial charge in [-0.3, -0.25) is 4.98 Å².